The molecule has 31 nitrogen and oxygen atoms in total. The number of hydrogen-bond donors (Lipinski definition) is 3. The van der Waals surface area contributed by atoms with E-state index >= 15 is 0 Å². The van der Waals surface area contributed by atoms with Crippen LogP contribution in [0.4, 0.5) is 17.6 Å². The number of aromatic nitrogens is 12. The van der Waals surface area contributed by atoms with Crippen LogP contribution in [0, 0.1) is 46.9 Å². The number of halogens is 8. The fourth-order valence-electron chi connectivity index (χ4n) is 20.5. The van der Waals surface area contributed by atoms with Gasteiger partial charge in [0.2, 0.25) is 17.7 Å². The molecule has 3 saturated carbocycles. The molecular weight excluding hydrogens is 1960 g/mol. The molecule has 7 fully saturated rings. The number of aliphatic hydroxyl groups excluding tert-OH is 1. The molecular formula is C107H124Cl4F4N20O11. The number of benzene rings is 4. The van der Waals surface area contributed by atoms with Gasteiger partial charge in [-0.05, 0) is 227 Å². The van der Waals surface area contributed by atoms with Gasteiger partial charge in [-0.15, -0.1) is 0 Å². The van der Waals surface area contributed by atoms with Crippen LogP contribution >= 0.6 is 46.4 Å². The van der Waals surface area contributed by atoms with Crippen molar-refractivity contribution in [3.05, 3.63) is 210 Å². The summed E-state index contributed by atoms with van der Waals surface area (Å²) in [5.74, 6) is -3.51. The average molecular weight is 2080 g/mol. The van der Waals surface area contributed by atoms with Crippen LogP contribution in [-0.2, 0) is 23.9 Å². The molecule has 12 aromatic rings. The Hall–Kier alpha value is -12.1. The van der Waals surface area contributed by atoms with Crippen LogP contribution in [0.2, 0.25) is 20.1 Å². The van der Waals surface area contributed by atoms with Gasteiger partial charge in [-0.2, -0.15) is 20.4 Å². The molecule has 7 amide bonds. The maximum Gasteiger partial charge on any atom is 0.306 e. The van der Waals surface area contributed by atoms with Crippen LogP contribution in [0.15, 0.2) is 122 Å². The van der Waals surface area contributed by atoms with Crippen molar-refractivity contribution in [3.8, 4) is 45.0 Å². The van der Waals surface area contributed by atoms with Crippen LogP contribution in [0.25, 0.3) is 67.6 Å². The molecule has 12 heterocycles. The summed E-state index contributed by atoms with van der Waals surface area (Å²) in [6, 6.07) is 25.6. The molecule has 7 aliphatic rings. The largest absolute Gasteiger partial charge is 0.481 e. The number of aliphatic hydroxyl groups is 1. The highest BCUT2D eigenvalue weighted by atomic mass is 35.5. The lowest BCUT2D eigenvalue weighted by molar-refractivity contribution is -0.147. The van der Waals surface area contributed by atoms with Crippen molar-refractivity contribution in [2.75, 3.05) is 85.6 Å². The van der Waals surface area contributed by atoms with Gasteiger partial charge in [0, 0.05) is 148 Å². The van der Waals surface area contributed by atoms with Gasteiger partial charge in [0.15, 0.2) is 22.6 Å². The zero-order valence-corrected chi connectivity index (χ0v) is 88.1. The highest BCUT2D eigenvalue weighted by molar-refractivity contribution is 6.32. The van der Waals surface area contributed by atoms with E-state index in [-0.39, 0.29) is 138 Å². The first-order chi connectivity index (χ1) is 68.9. The van der Waals surface area contributed by atoms with Crippen LogP contribution in [0.5, 0.6) is 0 Å². The minimum atomic E-state index is -0.789. The van der Waals surface area contributed by atoms with Crippen LogP contribution in [0.3, 0.4) is 0 Å². The maximum absolute atomic E-state index is 13.8. The van der Waals surface area contributed by atoms with Crippen molar-refractivity contribution in [2.45, 2.75) is 220 Å². The van der Waals surface area contributed by atoms with Gasteiger partial charge in [-0.1, -0.05) is 102 Å². The van der Waals surface area contributed by atoms with Crippen molar-refractivity contribution >= 4 is 116 Å². The first-order valence-corrected chi connectivity index (χ1v) is 51.2. The maximum atomic E-state index is 13.8. The minimum Gasteiger partial charge on any atom is -0.481 e. The van der Waals surface area contributed by atoms with Crippen LogP contribution in [0.1, 0.15) is 250 Å². The number of imidazole rings is 4. The molecule has 0 spiro atoms. The standard InChI is InChI=1S/C30H35ClFN5O4.C28H33ClFN5O3.C27H31ClFN5O3.C22H25ClFN5O/c1-17(2)21-14-24(20-9-10-23(32)22(31)13-20)34-37-15-25(33-26(21)37)28(39)36-12-11-35(16-30(36,3)4)27(38)18-5-7-19(8-6-18)29(40)41;1-16(2)20-13-23(17-6-7-22(30)21(29)12-17)32-35-14-24(31-25(20)35)27(37)34-9-8-33(15-28(34,3)4)26(36)18-10-19(11-18)38-5;1-15(2)19-12-22(16-5-6-21(29)20(28)11-16)31-34-13-23(30-24(19)34)26(37)33-8-7-32(14-27(33,3)4)25(36)17-9-18(35)10-17;1-13(2)15-10-18(14-5-6-17(24)16(23)9-14)27-29-11-19(26-20(15)29)21(30)28-8-7-25-12-22(28,3)4/h9-10,13-15,17-19H,5-8,11-12,16H2,1-4H3,(H,40,41);6-7,12-14,16,18-19H,8-11,15H2,1-5H3;5-6,11-13,15,17-18,35H,7-10,14H2,1-4H3;5-6,9-11,13,25H,7-8,12H2,1-4H3. The van der Waals surface area contributed by atoms with Gasteiger partial charge in [0.05, 0.1) is 108 Å². The number of carbonyl (C=O) groups excluding carboxylic acids is 7. The van der Waals surface area contributed by atoms with E-state index in [1.807, 2.05) is 141 Å². The van der Waals surface area contributed by atoms with E-state index in [0.29, 0.717) is 183 Å². The van der Waals surface area contributed by atoms with Gasteiger partial charge in [-0.3, -0.25) is 38.4 Å². The minimum absolute atomic E-state index is 0.00199. The van der Waals surface area contributed by atoms with Crippen molar-refractivity contribution in [2.24, 2.45) is 23.7 Å². The molecule has 39 heteroatoms. The quantitative estimate of drug-likeness (QED) is 0.0713. The summed E-state index contributed by atoms with van der Waals surface area (Å²) in [5.41, 5.74) is 10.3. The smallest absolute Gasteiger partial charge is 0.306 e. The molecule has 8 aromatic heterocycles. The SMILES string of the molecule is CC(C)c1cc(-c2ccc(F)c(Cl)c2)nn2cc(C(=O)N3CCN(C(=O)C4CC(O)C4)CC3(C)C)nc12.CC(C)c1cc(-c2ccc(F)c(Cl)c2)nn2cc(C(=O)N3CCN(C(=O)C4CCC(C(=O)O)CC4)CC3(C)C)nc12.CC(C)c1cc(-c2ccc(F)c(Cl)c2)nn2cc(C(=O)N3CCNCC3(C)C)nc12.COC1CC(C(=O)N2CCN(C(=O)c3cn4nc(-c5ccc(F)c(Cl)c5)cc(C(C)C)c4n3)C(C)(C)C2)C1. The highest BCUT2D eigenvalue weighted by Gasteiger charge is 2.48. The van der Waals surface area contributed by atoms with Gasteiger partial charge in [0.1, 0.15) is 46.0 Å². The molecule has 3 N–H and O–H groups in total. The van der Waals surface area contributed by atoms with E-state index < -0.39 is 45.9 Å². The summed E-state index contributed by atoms with van der Waals surface area (Å²) in [5, 5.41) is 40.9. The second-order valence-electron chi connectivity index (χ2n) is 42.9. The summed E-state index contributed by atoms with van der Waals surface area (Å²) in [7, 11) is 1.68. The zero-order valence-electron chi connectivity index (χ0n) is 85.1. The molecule has 0 radical (unpaired) electrons. The fraction of sp³-hybridized carbons (Fsp3) is 0.477. The Morgan fingerprint density at radius 1 is 0.377 bits per heavy atom. The predicted molar refractivity (Wildman–Crippen MR) is 548 cm³/mol. The Bertz CT molecular complexity index is 7060. The third kappa shape index (κ3) is 22.4. The second kappa shape index (κ2) is 42.6. The van der Waals surface area contributed by atoms with E-state index in [9.17, 15) is 66.1 Å². The Kier molecular flexibility index (Phi) is 31.1. The Morgan fingerprint density at radius 3 is 0.890 bits per heavy atom. The van der Waals surface area contributed by atoms with E-state index in [4.69, 9.17) is 56.1 Å². The van der Waals surface area contributed by atoms with Gasteiger partial charge in [-0.25, -0.2) is 55.6 Å². The predicted octanol–water partition coefficient (Wildman–Crippen LogP) is 18.3. The average Bonchev–Trinajstić information content (AvgIpc) is 1.74. The molecule has 4 aromatic carbocycles. The topological polar surface area (TPSA) is 342 Å². The molecule has 4 aliphatic heterocycles. The number of fused-ring (bicyclic) bond motifs is 4. The second-order valence-corrected chi connectivity index (χ2v) is 44.5. The van der Waals surface area contributed by atoms with Gasteiger partial charge < -0.3 is 54.6 Å². The number of aliphatic carboxylic acids is 1. The number of ether oxygens (including phenoxy) is 1. The van der Waals surface area contributed by atoms with E-state index in [1.165, 1.54) is 36.4 Å². The Morgan fingerprint density at radius 2 is 0.644 bits per heavy atom. The first-order valence-electron chi connectivity index (χ1n) is 49.7. The monoisotopic (exact) mass is 2080 g/mol. The fourth-order valence-corrected chi connectivity index (χ4v) is 21.2. The van der Waals surface area contributed by atoms with Crippen molar-refractivity contribution in [3.63, 3.8) is 0 Å². The number of amides is 7. The molecule has 0 atom stereocenters. The number of methoxy groups -OCH3 is 1. The molecule has 4 saturated heterocycles. The van der Waals surface area contributed by atoms with Crippen molar-refractivity contribution in [1.82, 2.24) is 98.0 Å². The van der Waals surface area contributed by atoms with Crippen LogP contribution in [-0.4, -0.2) is 270 Å². The summed E-state index contributed by atoms with van der Waals surface area (Å²) in [6.45, 7) is 38.1. The number of hydrogen-bond acceptors (Lipinski definition) is 19. The lowest BCUT2D eigenvalue weighted by atomic mass is 9.80. The van der Waals surface area contributed by atoms with Gasteiger partial charge >= 0.3 is 5.97 Å². The lowest BCUT2D eigenvalue weighted by Crippen LogP contribution is -2.63. The molecule has 0 unspecified atom stereocenters. The Labute approximate surface area is 864 Å². The zero-order chi connectivity index (χ0) is 105. The number of carbonyl (C=O) groups is 8. The number of carboxylic acids is 1. The number of rotatable bonds is 17. The van der Waals surface area contributed by atoms with E-state index in [1.54, 1.807) is 101 Å². The molecule has 19 rings (SSSR count). The molecule has 3 aliphatic carbocycles. The molecule has 146 heavy (non-hydrogen) atoms. The lowest BCUT2D eigenvalue weighted by Gasteiger charge is -2.48. The summed E-state index contributed by atoms with van der Waals surface area (Å²) >= 11 is 24.0. The highest BCUT2D eigenvalue weighted by Crippen LogP contribution is 2.41. The van der Waals surface area contributed by atoms with Crippen molar-refractivity contribution in [1.29, 1.82) is 0 Å². The third-order valence-corrected chi connectivity index (χ3v) is 30.3. The number of carboxylic acid groups (broad SMARTS) is 1. The molecule has 774 valence electrons. The summed E-state index contributed by atoms with van der Waals surface area (Å²) in [6.07, 6.45) is 11.1. The first kappa shape index (κ1) is 107. The third-order valence-electron chi connectivity index (χ3n) is 29.1. The van der Waals surface area contributed by atoms with E-state index in [0.717, 1.165) is 48.2 Å². The number of nitrogens with one attached hydrogen (secondary N) is 1. The van der Waals surface area contributed by atoms with Crippen molar-refractivity contribution < 1.29 is 70.9 Å². The van der Waals surface area contributed by atoms with Crippen LogP contribution < -0.4 is 5.32 Å². The number of nitrogens with zero attached hydrogens (tertiary/aromatic N) is 19. The number of piperazine rings is 4. The summed E-state index contributed by atoms with van der Waals surface area (Å²) < 4.78 is 66.6. The van der Waals surface area contributed by atoms with E-state index in [2.05, 4.69) is 54.5 Å². The Balaban J connectivity index is 0.000000140. The molecule has 0 bridgehead atoms. The van der Waals surface area contributed by atoms with Gasteiger partial charge in [0.25, 0.3) is 23.6 Å². The normalized spacial score (nSPS) is 20.2. The summed E-state index contributed by atoms with van der Waals surface area (Å²) in [4.78, 5) is 136.